The van der Waals surface area contributed by atoms with E-state index in [0.29, 0.717) is 13.1 Å². The van der Waals surface area contributed by atoms with Crippen molar-refractivity contribution in [3.05, 3.63) is 35.9 Å². The minimum atomic E-state index is -3.15. The molecule has 0 atom stereocenters. The second kappa shape index (κ2) is 6.14. The zero-order valence-electron chi connectivity index (χ0n) is 10.6. The molecule has 0 unspecified atom stereocenters. The molecule has 0 saturated heterocycles. The molecule has 17 heavy (non-hydrogen) atoms. The highest BCUT2D eigenvalue weighted by atomic mass is 32.2. The Kier molecular flexibility index (Phi) is 5.11. The zero-order chi connectivity index (χ0) is 12.9. The van der Waals surface area contributed by atoms with Crippen molar-refractivity contribution in [2.24, 2.45) is 0 Å². The van der Waals surface area contributed by atoms with Crippen LogP contribution in [-0.2, 0) is 16.6 Å². The first-order valence-corrected chi connectivity index (χ1v) is 7.38. The van der Waals surface area contributed by atoms with Crippen molar-refractivity contribution in [3.63, 3.8) is 0 Å². The van der Waals surface area contributed by atoms with Gasteiger partial charge in [0.2, 0.25) is 10.0 Å². The van der Waals surface area contributed by atoms with Crippen LogP contribution >= 0.6 is 0 Å². The summed E-state index contributed by atoms with van der Waals surface area (Å²) in [6.07, 6.45) is 1.26. The number of hydrogen-bond acceptors (Lipinski definition) is 3. The Labute approximate surface area is 104 Å². The number of sulfonamides is 1. The van der Waals surface area contributed by atoms with E-state index < -0.39 is 10.0 Å². The summed E-state index contributed by atoms with van der Waals surface area (Å²) in [5, 5.41) is 0. The third-order valence-electron chi connectivity index (χ3n) is 2.47. The highest BCUT2D eigenvalue weighted by Crippen LogP contribution is 2.07. The van der Waals surface area contributed by atoms with E-state index in [4.69, 9.17) is 0 Å². The monoisotopic (exact) mass is 256 g/mol. The van der Waals surface area contributed by atoms with E-state index in [0.717, 1.165) is 12.1 Å². The van der Waals surface area contributed by atoms with Crippen molar-refractivity contribution in [2.45, 2.75) is 6.54 Å². The van der Waals surface area contributed by atoms with E-state index >= 15 is 0 Å². The van der Waals surface area contributed by atoms with Crippen molar-refractivity contribution in [3.8, 4) is 0 Å². The van der Waals surface area contributed by atoms with Crippen LogP contribution in [0.5, 0.6) is 0 Å². The minimum absolute atomic E-state index is 0.438. The molecule has 1 aromatic carbocycles. The highest BCUT2D eigenvalue weighted by Gasteiger charge is 2.16. The van der Waals surface area contributed by atoms with Gasteiger partial charge in [0.15, 0.2) is 0 Å². The maximum atomic E-state index is 11.7. The maximum Gasteiger partial charge on any atom is 0.211 e. The van der Waals surface area contributed by atoms with E-state index in [1.165, 1.54) is 10.6 Å². The van der Waals surface area contributed by atoms with Gasteiger partial charge in [-0.2, -0.15) is 4.31 Å². The molecule has 0 N–H and O–H groups in total. The second-order valence-electron chi connectivity index (χ2n) is 4.39. The number of hydrogen-bond donors (Lipinski definition) is 0. The van der Waals surface area contributed by atoms with Gasteiger partial charge in [0.05, 0.1) is 6.26 Å². The van der Waals surface area contributed by atoms with E-state index in [9.17, 15) is 8.42 Å². The summed E-state index contributed by atoms with van der Waals surface area (Å²) in [6, 6.07) is 9.64. The molecular weight excluding hydrogens is 236 g/mol. The van der Waals surface area contributed by atoms with Crippen LogP contribution in [-0.4, -0.2) is 51.1 Å². The van der Waals surface area contributed by atoms with Gasteiger partial charge >= 0.3 is 0 Å². The molecule has 0 heterocycles. The molecule has 1 aromatic rings. The topological polar surface area (TPSA) is 40.6 Å². The molecule has 0 radical (unpaired) electrons. The number of rotatable bonds is 6. The summed E-state index contributed by atoms with van der Waals surface area (Å²) < 4.78 is 24.8. The molecule has 5 heteroatoms. The molecule has 0 aromatic heterocycles. The first-order chi connectivity index (χ1) is 7.89. The summed E-state index contributed by atoms with van der Waals surface area (Å²) >= 11 is 0. The van der Waals surface area contributed by atoms with E-state index in [1.807, 2.05) is 49.3 Å². The smallest absolute Gasteiger partial charge is 0.211 e. The number of nitrogens with zero attached hydrogens (tertiary/aromatic N) is 2. The fourth-order valence-electron chi connectivity index (χ4n) is 1.46. The van der Waals surface area contributed by atoms with Crippen LogP contribution in [0.2, 0.25) is 0 Å². The Balaban J connectivity index is 2.72. The quantitative estimate of drug-likeness (QED) is 0.762. The van der Waals surface area contributed by atoms with Gasteiger partial charge in [-0.05, 0) is 19.7 Å². The second-order valence-corrected chi connectivity index (χ2v) is 6.37. The highest BCUT2D eigenvalue weighted by molar-refractivity contribution is 7.88. The molecular formula is C12H20N2O2S. The first-order valence-electron chi connectivity index (χ1n) is 5.53. The molecule has 0 aliphatic rings. The average Bonchev–Trinajstić information content (AvgIpc) is 2.23. The lowest BCUT2D eigenvalue weighted by Gasteiger charge is -2.21. The fourth-order valence-corrected chi connectivity index (χ4v) is 2.26. The van der Waals surface area contributed by atoms with E-state index in [-0.39, 0.29) is 0 Å². The first kappa shape index (κ1) is 14.2. The van der Waals surface area contributed by atoms with Crippen molar-refractivity contribution in [2.75, 3.05) is 33.4 Å². The van der Waals surface area contributed by atoms with Gasteiger partial charge in [0.25, 0.3) is 0 Å². The predicted molar refractivity (Wildman–Crippen MR) is 70.2 cm³/mol. The summed E-state index contributed by atoms with van der Waals surface area (Å²) in [4.78, 5) is 1.98. The van der Waals surface area contributed by atoms with Crippen molar-refractivity contribution >= 4 is 10.0 Å². The van der Waals surface area contributed by atoms with Gasteiger partial charge in [-0.1, -0.05) is 30.3 Å². The Morgan fingerprint density at radius 1 is 1.06 bits per heavy atom. The minimum Gasteiger partial charge on any atom is -0.308 e. The Morgan fingerprint density at radius 2 is 1.65 bits per heavy atom. The van der Waals surface area contributed by atoms with Crippen LogP contribution in [0.25, 0.3) is 0 Å². The molecule has 0 saturated carbocycles. The summed E-state index contributed by atoms with van der Waals surface area (Å²) in [7, 11) is 0.715. The lowest BCUT2D eigenvalue weighted by atomic mass is 10.2. The van der Waals surface area contributed by atoms with Gasteiger partial charge in [-0.15, -0.1) is 0 Å². The van der Waals surface area contributed by atoms with Gasteiger partial charge in [0, 0.05) is 19.6 Å². The fraction of sp³-hybridized carbons (Fsp3) is 0.500. The van der Waals surface area contributed by atoms with Crippen LogP contribution in [0.1, 0.15) is 5.56 Å². The van der Waals surface area contributed by atoms with Gasteiger partial charge in [-0.25, -0.2) is 8.42 Å². The summed E-state index contributed by atoms with van der Waals surface area (Å²) in [5.41, 5.74) is 1.01. The van der Waals surface area contributed by atoms with Crippen molar-refractivity contribution < 1.29 is 8.42 Å². The molecule has 96 valence electrons. The van der Waals surface area contributed by atoms with Crippen LogP contribution in [0.3, 0.4) is 0 Å². The normalized spacial score (nSPS) is 12.3. The summed E-state index contributed by atoms with van der Waals surface area (Å²) in [5.74, 6) is 0. The Morgan fingerprint density at radius 3 is 2.12 bits per heavy atom. The SMILES string of the molecule is CN(C)CCN(Cc1ccccc1)S(C)(=O)=O. The van der Waals surface area contributed by atoms with Gasteiger partial charge in [0.1, 0.15) is 0 Å². The van der Waals surface area contributed by atoms with E-state index in [2.05, 4.69) is 0 Å². The van der Waals surface area contributed by atoms with Gasteiger partial charge in [-0.3, -0.25) is 0 Å². The summed E-state index contributed by atoms with van der Waals surface area (Å²) in [6.45, 7) is 1.67. The Hall–Kier alpha value is -0.910. The molecule has 0 amide bonds. The van der Waals surface area contributed by atoms with Crippen LogP contribution in [0.4, 0.5) is 0 Å². The van der Waals surface area contributed by atoms with E-state index in [1.54, 1.807) is 0 Å². The molecule has 0 aliphatic heterocycles. The van der Waals surface area contributed by atoms with Crippen LogP contribution in [0.15, 0.2) is 30.3 Å². The molecule has 0 fully saturated rings. The third-order valence-corrected chi connectivity index (χ3v) is 3.72. The van der Waals surface area contributed by atoms with Gasteiger partial charge < -0.3 is 4.90 Å². The largest absolute Gasteiger partial charge is 0.308 e. The third kappa shape index (κ3) is 5.30. The molecule has 0 bridgehead atoms. The standard InChI is InChI=1S/C12H20N2O2S/c1-13(2)9-10-14(17(3,15)16)11-12-7-5-4-6-8-12/h4-8H,9-11H2,1-3H3. The molecule has 0 spiro atoms. The maximum absolute atomic E-state index is 11.7. The molecule has 0 aliphatic carbocycles. The van der Waals surface area contributed by atoms with Crippen molar-refractivity contribution in [1.29, 1.82) is 0 Å². The predicted octanol–water partition coefficient (Wildman–Crippen LogP) is 1.01. The van der Waals surface area contributed by atoms with Crippen LogP contribution < -0.4 is 0 Å². The lowest BCUT2D eigenvalue weighted by molar-refractivity contribution is 0.331. The number of benzene rings is 1. The zero-order valence-corrected chi connectivity index (χ0v) is 11.4. The van der Waals surface area contributed by atoms with Crippen LogP contribution in [0, 0.1) is 0 Å². The van der Waals surface area contributed by atoms with Crippen molar-refractivity contribution in [1.82, 2.24) is 9.21 Å². The lowest BCUT2D eigenvalue weighted by Crippen LogP contribution is -2.35. The Bertz CT molecular complexity index is 429. The molecule has 1 rings (SSSR count). The average molecular weight is 256 g/mol. The molecule has 4 nitrogen and oxygen atoms in total. The number of likely N-dealkylation sites (N-methyl/N-ethyl adjacent to an activating group) is 1.